The SMILES string of the molecule is CNc1c(C(=O)Nc2ncccn2)cccc1[N+](=O)[O-]. The zero-order valence-corrected chi connectivity index (χ0v) is 10.5. The third-order valence-electron chi connectivity index (χ3n) is 2.52. The highest BCUT2D eigenvalue weighted by Crippen LogP contribution is 2.28. The summed E-state index contributed by atoms with van der Waals surface area (Å²) in [6.07, 6.45) is 2.96. The molecule has 1 aromatic heterocycles. The van der Waals surface area contributed by atoms with Gasteiger partial charge in [0, 0.05) is 25.5 Å². The van der Waals surface area contributed by atoms with Gasteiger partial charge in [0.05, 0.1) is 10.5 Å². The first-order valence-corrected chi connectivity index (χ1v) is 5.67. The van der Waals surface area contributed by atoms with Crippen LogP contribution in [0.25, 0.3) is 0 Å². The molecule has 0 aliphatic carbocycles. The number of nitrogens with one attached hydrogen (secondary N) is 2. The Bertz CT molecular complexity index is 645. The fraction of sp³-hybridized carbons (Fsp3) is 0.0833. The normalized spacial score (nSPS) is 9.85. The number of anilines is 2. The smallest absolute Gasteiger partial charge is 0.293 e. The Morgan fingerprint density at radius 1 is 1.25 bits per heavy atom. The van der Waals surface area contributed by atoms with E-state index in [1.165, 1.54) is 37.6 Å². The number of aromatic nitrogens is 2. The summed E-state index contributed by atoms with van der Waals surface area (Å²) in [6.45, 7) is 0. The van der Waals surface area contributed by atoms with Crippen LogP contribution in [-0.2, 0) is 0 Å². The van der Waals surface area contributed by atoms with Crippen molar-refractivity contribution in [1.82, 2.24) is 9.97 Å². The van der Waals surface area contributed by atoms with Crippen LogP contribution in [0.1, 0.15) is 10.4 Å². The molecule has 0 bridgehead atoms. The van der Waals surface area contributed by atoms with E-state index in [1.54, 1.807) is 6.07 Å². The summed E-state index contributed by atoms with van der Waals surface area (Å²) in [5.41, 5.74) is 0.120. The van der Waals surface area contributed by atoms with Crippen LogP contribution in [0.3, 0.4) is 0 Å². The number of para-hydroxylation sites is 1. The molecule has 0 radical (unpaired) electrons. The second kappa shape index (κ2) is 5.74. The molecule has 0 saturated carbocycles. The number of hydrogen-bond donors (Lipinski definition) is 2. The quantitative estimate of drug-likeness (QED) is 0.647. The maximum atomic E-state index is 12.1. The van der Waals surface area contributed by atoms with Crippen molar-refractivity contribution < 1.29 is 9.72 Å². The number of amides is 1. The van der Waals surface area contributed by atoms with E-state index < -0.39 is 10.8 Å². The maximum Gasteiger partial charge on any atom is 0.293 e. The van der Waals surface area contributed by atoms with Gasteiger partial charge in [-0.1, -0.05) is 6.07 Å². The highest BCUT2D eigenvalue weighted by molar-refractivity contribution is 6.08. The highest BCUT2D eigenvalue weighted by Gasteiger charge is 2.20. The third-order valence-corrected chi connectivity index (χ3v) is 2.52. The molecule has 2 rings (SSSR count). The Morgan fingerprint density at radius 2 is 1.95 bits per heavy atom. The van der Waals surface area contributed by atoms with E-state index in [4.69, 9.17) is 0 Å². The molecule has 1 aromatic carbocycles. The fourth-order valence-electron chi connectivity index (χ4n) is 1.68. The minimum atomic E-state index is -0.554. The molecular formula is C12H11N5O3. The van der Waals surface area contributed by atoms with E-state index in [2.05, 4.69) is 20.6 Å². The summed E-state index contributed by atoms with van der Waals surface area (Å²) in [5.74, 6) is -0.393. The van der Waals surface area contributed by atoms with Crippen molar-refractivity contribution in [2.45, 2.75) is 0 Å². The first-order chi connectivity index (χ1) is 9.63. The fourth-order valence-corrected chi connectivity index (χ4v) is 1.68. The minimum Gasteiger partial charge on any atom is -0.382 e. The molecule has 102 valence electrons. The van der Waals surface area contributed by atoms with Crippen molar-refractivity contribution in [2.75, 3.05) is 17.7 Å². The van der Waals surface area contributed by atoms with E-state index in [0.717, 1.165) is 0 Å². The average Bonchev–Trinajstić information content (AvgIpc) is 2.47. The van der Waals surface area contributed by atoms with E-state index in [0.29, 0.717) is 0 Å². The van der Waals surface area contributed by atoms with Gasteiger partial charge in [-0.15, -0.1) is 0 Å². The van der Waals surface area contributed by atoms with Gasteiger partial charge in [-0.25, -0.2) is 9.97 Å². The van der Waals surface area contributed by atoms with Gasteiger partial charge < -0.3 is 5.32 Å². The molecule has 1 heterocycles. The number of benzene rings is 1. The summed E-state index contributed by atoms with van der Waals surface area (Å²) in [7, 11) is 1.51. The first-order valence-electron chi connectivity index (χ1n) is 5.67. The molecule has 0 fully saturated rings. The number of hydrogen-bond acceptors (Lipinski definition) is 6. The van der Waals surface area contributed by atoms with Crippen molar-refractivity contribution in [1.29, 1.82) is 0 Å². The van der Waals surface area contributed by atoms with Gasteiger partial charge in [0.1, 0.15) is 5.69 Å². The van der Waals surface area contributed by atoms with E-state index in [1.807, 2.05) is 0 Å². The Kier molecular flexibility index (Phi) is 3.85. The Balaban J connectivity index is 2.35. The van der Waals surface area contributed by atoms with Crippen LogP contribution >= 0.6 is 0 Å². The van der Waals surface area contributed by atoms with Crippen LogP contribution in [0, 0.1) is 10.1 Å². The molecule has 0 atom stereocenters. The average molecular weight is 273 g/mol. The lowest BCUT2D eigenvalue weighted by atomic mass is 10.1. The van der Waals surface area contributed by atoms with Crippen molar-refractivity contribution in [3.8, 4) is 0 Å². The summed E-state index contributed by atoms with van der Waals surface area (Å²) < 4.78 is 0. The predicted molar refractivity (Wildman–Crippen MR) is 72.6 cm³/mol. The molecule has 8 heteroatoms. The molecular weight excluding hydrogens is 262 g/mol. The van der Waals surface area contributed by atoms with E-state index >= 15 is 0 Å². The summed E-state index contributed by atoms with van der Waals surface area (Å²) in [4.78, 5) is 30.2. The summed E-state index contributed by atoms with van der Waals surface area (Å²) in [5, 5.41) is 16.1. The van der Waals surface area contributed by atoms with Gasteiger partial charge in [0.25, 0.3) is 11.6 Å². The van der Waals surface area contributed by atoms with Crippen LogP contribution < -0.4 is 10.6 Å². The first kappa shape index (κ1) is 13.4. The lowest BCUT2D eigenvalue weighted by molar-refractivity contribution is -0.384. The van der Waals surface area contributed by atoms with Gasteiger partial charge in [-0.2, -0.15) is 0 Å². The lowest BCUT2D eigenvalue weighted by Crippen LogP contribution is -2.16. The number of nitro groups is 1. The van der Waals surface area contributed by atoms with Crippen LogP contribution in [0.5, 0.6) is 0 Å². The van der Waals surface area contributed by atoms with E-state index in [9.17, 15) is 14.9 Å². The molecule has 1 amide bonds. The second-order valence-corrected chi connectivity index (χ2v) is 3.73. The molecule has 0 spiro atoms. The zero-order chi connectivity index (χ0) is 14.5. The highest BCUT2D eigenvalue weighted by atomic mass is 16.6. The largest absolute Gasteiger partial charge is 0.382 e. The van der Waals surface area contributed by atoms with Crippen LogP contribution in [0.15, 0.2) is 36.7 Å². The van der Waals surface area contributed by atoms with Gasteiger partial charge in [-0.05, 0) is 12.1 Å². The molecule has 0 unspecified atom stereocenters. The van der Waals surface area contributed by atoms with Gasteiger partial charge >= 0.3 is 0 Å². The molecule has 2 aromatic rings. The topological polar surface area (TPSA) is 110 Å². The summed E-state index contributed by atoms with van der Waals surface area (Å²) in [6, 6.07) is 5.86. The molecule has 0 aliphatic rings. The Labute approximate surface area is 114 Å². The number of nitrogens with zero attached hydrogens (tertiary/aromatic N) is 3. The van der Waals surface area contributed by atoms with Crippen molar-refractivity contribution in [3.05, 3.63) is 52.3 Å². The standard InChI is InChI=1S/C12H11N5O3/c1-13-10-8(4-2-5-9(10)17(19)20)11(18)16-12-14-6-3-7-15-12/h2-7,13H,1H3,(H,14,15,16,18). The van der Waals surface area contributed by atoms with Gasteiger partial charge in [-0.3, -0.25) is 20.2 Å². The predicted octanol–water partition coefficient (Wildman–Crippen LogP) is 1.68. The van der Waals surface area contributed by atoms with Crippen LogP contribution in [-0.4, -0.2) is 27.8 Å². The lowest BCUT2D eigenvalue weighted by Gasteiger charge is -2.09. The molecule has 2 N–H and O–H groups in total. The Hall–Kier alpha value is -3.03. The number of rotatable bonds is 4. The number of carbonyl (C=O) groups excluding carboxylic acids is 1. The molecule has 8 nitrogen and oxygen atoms in total. The monoisotopic (exact) mass is 273 g/mol. The Morgan fingerprint density at radius 3 is 2.55 bits per heavy atom. The van der Waals surface area contributed by atoms with Gasteiger partial charge in [0.15, 0.2) is 0 Å². The van der Waals surface area contributed by atoms with Crippen molar-refractivity contribution in [3.63, 3.8) is 0 Å². The van der Waals surface area contributed by atoms with Crippen molar-refractivity contribution in [2.24, 2.45) is 0 Å². The zero-order valence-electron chi connectivity index (χ0n) is 10.5. The van der Waals surface area contributed by atoms with Crippen LogP contribution in [0.4, 0.5) is 17.3 Å². The molecule has 20 heavy (non-hydrogen) atoms. The minimum absolute atomic E-state index is 0.131. The molecule has 0 saturated heterocycles. The van der Waals surface area contributed by atoms with Crippen molar-refractivity contribution >= 4 is 23.2 Å². The second-order valence-electron chi connectivity index (χ2n) is 3.73. The van der Waals surface area contributed by atoms with Crippen LogP contribution in [0.2, 0.25) is 0 Å². The van der Waals surface area contributed by atoms with E-state index in [-0.39, 0.29) is 22.9 Å². The third kappa shape index (κ3) is 2.69. The number of nitro benzene ring substituents is 1. The maximum absolute atomic E-state index is 12.1. The van der Waals surface area contributed by atoms with Gasteiger partial charge in [0.2, 0.25) is 5.95 Å². The summed E-state index contributed by atoms with van der Waals surface area (Å²) >= 11 is 0. The molecule has 0 aliphatic heterocycles. The number of carbonyl (C=O) groups is 1.